The largest absolute Gasteiger partial charge is 0.493 e. The molecule has 0 bridgehead atoms. The maximum atomic E-state index is 13.8. The molecule has 2 aromatic carbocycles. The van der Waals surface area contributed by atoms with Gasteiger partial charge in [-0.1, -0.05) is 23.3 Å². The molecule has 0 saturated carbocycles. The van der Waals surface area contributed by atoms with Gasteiger partial charge in [-0.25, -0.2) is 11.6 Å². The molecule has 3 amide bonds. The number of allylic oxidation sites excluding steroid dienone is 2. The van der Waals surface area contributed by atoms with Crippen LogP contribution >= 0.6 is 11.6 Å². The van der Waals surface area contributed by atoms with E-state index < -0.39 is 4.75 Å². The second-order valence-electron chi connectivity index (χ2n) is 19.6. The van der Waals surface area contributed by atoms with Crippen molar-refractivity contribution in [1.82, 2.24) is 19.7 Å². The molecule has 426 valence electrons. The van der Waals surface area contributed by atoms with Crippen molar-refractivity contribution in [3.8, 4) is 28.7 Å². The Bertz CT molecular complexity index is 2530. The van der Waals surface area contributed by atoms with E-state index in [1.165, 1.54) is 37.0 Å². The van der Waals surface area contributed by atoms with E-state index >= 15 is 0 Å². The molecule has 2 atom stereocenters. The third-order valence-corrected chi connectivity index (χ3v) is 14.3. The summed E-state index contributed by atoms with van der Waals surface area (Å²) in [6.45, 7) is 14.4. The van der Waals surface area contributed by atoms with Crippen molar-refractivity contribution in [3.63, 3.8) is 0 Å². The first-order valence-corrected chi connectivity index (χ1v) is 27.6. The lowest BCUT2D eigenvalue weighted by atomic mass is 10.1. The average Bonchev–Trinajstić information content (AvgIpc) is 4.23. The van der Waals surface area contributed by atoms with Crippen LogP contribution in [0.2, 0.25) is 0 Å². The quantitative estimate of drug-likeness (QED) is 0.0345. The number of amides is 3. The number of pyridine rings is 1. The Hall–Kier alpha value is -6.01. The van der Waals surface area contributed by atoms with Crippen molar-refractivity contribution in [2.75, 3.05) is 127 Å². The fourth-order valence-electron chi connectivity index (χ4n) is 9.19. The van der Waals surface area contributed by atoms with Gasteiger partial charge in [-0.2, -0.15) is 0 Å². The fourth-order valence-corrected chi connectivity index (χ4v) is 9.42. The molecule has 1 aromatic heterocycles. The number of carbonyl (C=O) groups is 3. The van der Waals surface area contributed by atoms with Crippen LogP contribution in [-0.2, 0) is 46.4 Å². The van der Waals surface area contributed by atoms with Crippen molar-refractivity contribution in [1.29, 1.82) is 0 Å². The first-order valence-electron chi connectivity index (χ1n) is 26.7. The predicted octanol–water partition coefficient (Wildman–Crippen LogP) is 6.93. The number of rotatable bonds is 33. The van der Waals surface area contributed by atoms with Crippen molar-refractivity contribution in [3.05, 3.63) is 82.2 Å². The van der Waals surface area contributed by atoms with Crippen molar-refractivity contribution in [2.24, 2.45) is 9.98 Å². The van der Waals surface area contributed by atoms with Gasteiger partial charge in [-0.05, 0) is 52.7 Å². The molecule has 22 heteroatoms. The SMILES string of the molecule is [B]SC(C)(C)CN(CCOc1cc(COc2cc3c(cc2OC)C(=O)N2C/C(=C/C)CC2C=N3)nc(COc2cc3c(cc2OC)C(=O)N2C/C(=C/C)C[C@H]2C=N3)c1)C(=O)CCOCCOCCOCCOCCOCCOC. The molecule has 0 aliphatic carbocycles. The number of fused-ring (bicyclic) bond motifs is 4. The molecule has 4 aliphatic heterocycles. The van der Waals surface area contributed by atoms with E-state index in [0.717, 1.165) is 12.8 Å². The van der Waals surface area contributed by atoms with Gasteiger partial charge in [0.1, 0.15) is 25.6 Å². The number of hydrogen-bond donors (Lipinski definition) is 0. The van der Waals surface area contributed by atoms with E-state index in [0.29, 0.717) is 148 Å². The summed E-state index contributed by atoms with van der Waals surface area (Å²) in [4.78, 5) is 61.1. The molecule has 0 spiro atoms. The molecular weight excluding hydrogens is 1040 g/mol. The Morgan fingerprint density at radius 3 is 1.53 bits per heavy atom. The minimum absolute atomic E-state index is 0.0319. The van der Waals surface area contributed by atoms with Crippen molar-refractivity contribution < 1.29 is 66.5 Å². The number of ether oxygens (including phenoxy) is 11. The highest BCUT2D eigenvalue weighted by Crippen LogP contribution is 2.41. The molecular formula is C57H75BN6O14S. The summed E-state index contributed by atoms with van der Waals surface area (Å²) in [6, 6.07) is 9.99. The molecule has 3 aromatic rings. The lowest BCUT2D eigenvalue weighted by Crippen LogP contribution is -2.43. The maximum Gasteiger partial charge on any atom is 0.257 e. The molecule has 0 N–H and O–H groups in total. The number of aliphatic imine (C=N–C) groups is 2. The summed E-state index contributed by atoms with van der Waals surface area (Å²) in [7, 11) is 10.7. The molecule has 5 heterocycles. The Balaban J connectivity index is 0.995. The van der Waals surface area contributed by atoms with Gasteiger partial charge in [-0.3, -0.25) is 29.4 Å². The summed E-state index contributed by atoms with van der Waals surface area (Å²) in [5.74, 6) is 1.53. The molecule has 4 aliphatic rings. The van der Waals surface area contributed by atoms with E-state index in [1.807, 2.05) is 62.1 Å². The van der Waals surface area contributed by atoms with E-state index in [9.17, 15) is 14.4 Å². The Morgan fingerprint density at radius 2 is 1.10 bits per heavy atom. The molecule has 2 saturated heterocycles. The number of methoxy groups -OCH3 is 3. The second kappa shape index (κ2) is 30.5. The summed E-state index contributed by atoms with van der Waals surface area (Å²) in [6.07, 6.45) is 9.34. The van der Waals surface area contributed by atoms with Gasteiger partial charge in [0.2, 0.25) is 5.91 Å². The maximum absolute atomic E-state index is 13.8. The van der Waals surface area contributed by atoms with Crippen LogP contribution in [0.15, 0.2) is 69.7 Å². The first kappa shape index (κ1) is 60.6. The van der Waals surface area contributed by atoms with Gasteiger partial charge in [0, 0.05) is 68.2 Å². The van der Waals surface area contributed by atoms with E-state index in [2.05, 4.69) is 0 Å². The Labute approximate surface area is 469 Å². The fraction of sp³-hybridized carbons (Fsp3) is 0.544. The van der Waals surface area contributed by atoms with Crippen LogP contribution in [0.1, 0.15) is 79.1 Å². The van der Waals surface area contributed by atoms with Gasteiger partial charge < -0.3 is 66.8 Å². The van der Waals surface area contributed by atoms with Gasteiger partial charge in [0.15, 0.2) is 30.1 Å². The van der Waals surface area contributed by atoms with Gasteiger partial charge >= 0.3 is 0 Å². The van der Waals surface area contributed by atoms with Crippen molar-refractivity contribution >= 4 is 60.3 Å². The average molecular weight is 1110 g/mol. The van der Waals surface area contributed by atoms with Gasteiger partial charge in [0.05, 0.1) is 146 Å². The first-order chi connectivity index (χ1) is 38.4. The van der Waals surface area contributed by atoms with Crippen LogP contribution in [0.5, 0.6) is 28.7 Å². The molecule has 7 rings (SSSR count). The predicted molar refractivity (Wildman–Crippen MR) is 302 cm³/mol. The summed E-state index contributed by atoms with van der Waals surface area (Å²) < 4.78 is 63.0. The zero-order valence-corrected chi connectivity index (χ0v) is 47.5. The number of aromatic nitrogens is 1. The van der Waals surface area contributed by atoms with Crippen LogP contribution in [0.25, 0.3) is 0 Å². The molecule has 79 heavy (non-hydrogen) atoms. The monoisotopic (exact) mass is 1110 g/mol. The lowest BCUT2D eigenvalue weighted by molar-refractivity contribution is -0.133. The molecule has 20 nitrogen and oxygen atoms in total. The Kier molecular flexibility index (Phi) is 23.4. The number of nitrogens with zero attached hydrogens (tertiary/aromatic N) is 6. The van der Waals surface area contributed by atoms with Crippen LogP contribution in [0.4, 0.5) is 11.4 Å². The third kappa shape index (κ3) is 17.3. The highest BCUT2D eigenvalue weighted by Gasteiger charge is 2.36. The highest BCUT2D eigenvalue weighted by molar-refractivity contribution is 8.20. The van der Waals surface area contributed by atoms with Crippen molar-refractivity contribution in [2.45, 2.75) is 77.0 Å². The van der Waals surface area contributed by atoms with E-state index in [4.69, 9.17) is 74.2 Å². The van der Waals surface area contributed by atoms with Crippen LogP contribution in [0, 0.1) is 0 Å². The van der Waals surface area contributed by atoms with Crippen LogP contribution in [-0.4, -0.2) is 201 Å². The van der Waals surface area contributed by atoms with Crippen LogP contribution in [0.3, 0.4) is 0 Å². The zero-order valence-electron chi connectivity index (χ0n) is 46.7. The number of carbonyl (C=O) groups excluding carboxylic acids is 3. The number of benzene rings is 2. The second-order valence-corrected chi connectivity index (χ2v) is 20.9. The standard InChI is InChI=1S/C57H75BN6O14S/c1-8-39-24-43-32-59-48-30-52(50(69-6)28-46(48)55(66)63(43)34-39)77-36-41-26-45(27-42(61-41)37-78-53-31-49-47(29-51(53)70-7)56(67)64-35-40(9-2)25-44(64)33-60-49)76-13-11-62(38-57(3,4)79-58)54(65)10-12-71-16-17-73-20-21-75-23-22-74-19-18-72-15-14-68-5/h8-9,26-33,43-44H,10-25,34-38H2,1-7H3/b39-8+,40-9+/t43-,44?/m0/s1. The van der Waals surface area contributed by atoms with E-state index in [-0.39, 0.29) is 69.2 Å². The third-order valence-electron chi connectivity index (χ3n) is 13.5. The smallest absolute Gasteiger partial charge is 0.257 e. The molecule has 2 fully saturated rings. The lowest BCUT2D eigenvalue weighted by Gasteiger charge is -2.32. The normalized spacial score (nSPS) is 17.6. The summed E-state index contributed by atoms with van der Waals surface area (Å²) in [5, 5.41) is 0. The minimum Gasteiger partial charge on any atom is -0.493 e. The summed E-state index contributed by atoms with van der Waals surface area (Å²) in [5.41, 5.74) is 5.14. The highest BCUT2D eigenvalue weighted by atomic mass is 32.2. The van der Waals surface area contributed by atoms with Gasteiger partial charge in [-0.15, -0.1) is 0 Å². The topological polar surface area (TPSA) is 200 Å². The van der Waals surface area contributed by atoms with Gasteiger partial charge in [0.25, 0.3) is 11.8 Å². The molecule has 2 radical (unpaired) electrons. The Morgan fingerprint density at radius 1 is 0.646 bits per heavy atom. The number of hydrogen-bond acceptors (Lipinski definition) is 18. The van der Waals surface area contributed by atoms with Crippen LogP contribution < -0.4 is 23.7 Å². The molecule has 1 unspecified atom stereocenters. The van der Waals surface area contributed by atoms with E-state index in [1.54, 1.807) is 48.4 Å². The zero-order chi connectivity index (χ0) is 56.2. The summed E-state index contributed by atoms with van der Waals surface area (Å²) >= 11 is 1.18. The minimum atomic E-state index is -0.452.